The molecule has 1 aliphatic rings. The number of hydrogen-bond acceptors (Lipinski definition) is 2. The van der Waals surface area contributed by atoms with Crippen LogP contribution in [0, 0.1) is 5.92 Å². The Morgan fingerprint density at radius 2 is 1.79 bits per heavy atom. The first-order valence-corrected chi connectivity index (χ1v) is 9.52. The van der Waals surface area contributed by atoms with Gasteiger partial charge in [0.1, 0.15) is 0 Å². The SMILES string of the molecule is CN(CCCNC(=O)C1CC1c1ccc(C(F)(F)F)cc1)Cc1ccccc1. The number of nitrogens with one attached hydrogen (secondary N) is 1. The predicted octanol–water partition coefficient (Wildman–Crippen LogP) is 4.45. The van der Waals surface area contributed by atoms with Crippen LogP contribution < -0.4 is 5.32 Å². The van der Waals surface area contributed by atoms with E-state index in [-0.39, 0.29) is 17.7 Å². The van der Waals surface area contributed by atoms with Gasteiger partial charge in [0.15, 0.2) is 0 Å². The molecule has 6 heteroatoms. The highest BCUT2D eigenvalue weighted by atomic mass is 19.4. The van der Waals surface area contributed by atoms with Gasteiger partial charge in [0.25, 0.3) is 0 Å². The number of hydrogen-bond donors (Lipinski definition) is 1. The molecule has 0 bridgehead atoms. The monoisotopic (exact) mass is 390 g/mol. The molecule has 2 unspecified atom stereocenters. The molecular formula is C22H25F3N2O. The van der Waals surface area contributed by atoms with Crippen LogP contribution in [0.15, 0.2) is 54.6 Å². The first-order valence-electron chi connectivity index (χ1n) is 9.52. The molecule has 2 aromatic carbocycles. The van der Waals surface area contributed by atoms with Gasteiger partial charge < -0.3 is 10.2 Å². The number of amides is 1. The number of halogens is 3. The van der Waals surface area contributed by atoms with E-state index < -0.39 is 11.7 Å². The number of carbonyl (C=O) groups is 1. The van der Waals surface area contributed by atoms with Crippen molar-refractivity contribution in [3.63, 3.8) is 0 Å². The van der Waals surface area contributed by atoms with Gasteiger partial charge in [-0.2, -0.15) is 13.2 Å². The number of nitrogens with zero attached hydrogens (tertiary/aromatic N) is 1. The van der Waals surface area contributed by atoms with Gasteiger partial charge in [0.05, 0.1) is 5.56 Å². The maximum absolute atomic E-state index is 12.6. The van der Waals surface area contributed by atoms with Crippen LogP contribution in [-0.2, 0) is 17.5 Å². The third kappa shape index (κ3) is 5.58. The molecule has 3 nitrogen and oxygen atoms in total. The van der Waals surface area contributed by atoms with Crippen molar-refractivity contribution in [3.05, 3.63) is 71.3 Å². The average molecular weight is 390 g/mol. The summed E-state index contributed by atoms with van der Waals surface area (Å²) in [6.07, 6.45) is -2.77. The number of rotatable bonds is 8. The lowest BCUT2D eigenvalue weighted by Gasteiger charge is -2.16. The topological polar surface area (TPSA) is 32.3 Å². The van der Waals surface area contributed by atoms with Crippen molar-refractivity contribution in [1.29, 1.82) is 0 Å². The second kappa shape index (κ2) is 8.78. The predicted molar refractivity (Wildman–Crippen MR) is 103 cm³/mol. The minimum Gasteiger partial charge on any atom is -0.356 e. The fourth-order valence-electron chi connectivity index (χ4n) is 3.44. The van der Waals surface area contributed by atoms with E-state index >= 15 is 0 Å². The van der Waals surface area contributed by atoms with Crippen LogP contribution >= 0.6 is 0 Å². The van der Waals surface area contributed by atoms with E-state index in [1.165, 1.54) is 17.7 Å². The van der Waals surface area contributed by atoms with Gasteiger partial charge in [-0.1, -0.05) is 42.5 Å². The van der Waals surface area contributed by atoms with Crippen LogP contribution in [0.1, 0.15) is 35.4 Å². The maximum atomic E-state index is 12.6. The van der Waals surface area contributed by atoms with Crippen LogP contribution in [0.3, 0.4) is 0 Å². The van der Waals surface area contributed by atoms with Gasteiger partial charge in [-0.3, -0.25) is 4.79 Å². The second-order valence-electron chi connectivity index (χ2n) is 7.44. The molecule has 1 saturated carbocycles. The molecule has 3 rings (SSSR count). The van der Waals surface area contributed by atoms with E-state index in [0.29, 0.717) is 13.0 Å². The van der Waals surface area contributed by atoms with Gasteiger partial charge in [-0.05, 0) is 55.6 Å². The van der Waals surface area contributed by atoms with Crippen LogP contribution in [0.2, 0.25) is 0 Å². The Morgan fingerprint density at radius 3 is 2.43 bits per heavy atom. The molecule has 2 atom stereocenters. The summed E-state index contributed by atoms with van der Waals surface area (Å²) in [6.45, 7) is 2.35. The van der Waals surface area contributed by atoms with Gasteiger partial charge in [-0.25, -0.2) is 0 Å². The highest BCUT2D eigenvalue weighted by Gasteiger charge is 2.44. The first kappa shape index (κ1) is 20.4. The standard InChI is InChI=1S/C22H25F3N2O/c1-27(15-16-6-3-2-4-7-16)13-5-12-26-21(28)20-14-19(20)17-8-10-18(11-9-17)22(23,24)25/h2-4,6-11,19-20H,5,12-15H2,1H3,(H,26,28). The summed E-state index contributed by atoms with van der Waals surface area (Å²) < 4.78 is 37.9. The molecule has 0 heterocycles. The van der Waals surface area contributed by atoms with E-state index in [1.54, 1.807) is 0 Å². The Labute approximate surface area is 163 Å². The Morgan fingerprint density at radius 1 is 1.11 bits per heavy atom. The molecule has 1 aliphatic carbocycles. The van der Waals surface area contributed by atoms with E-state index in [2.05, 4.69) is 29.4 Å². The Hall–Kier alpha value is -2.34. The average Bonchev–Trinajstić information content (AvgIpc) is 3.46. The summed E-state index contributed by atoms with van der Waals surface area (Å²) in [4.78, 5) is 14.5. The lowest BCUT2D eigenvalue weighted by molar-refractivity contribution is -0.137. The van der Waals surface area contributed by atoms with Crippen molar-refractivity contribution in [1.82, 2.24) is 10.2 Å². The van der Waals surface area contributed by atoms with E-state index in [4.69, 9.17) is 0 Å². The lowest BCUT2D eigenvalue weighted by atomic mass is 10.1. The van der Waals surface area contributed by atoms with Crippen molar-refractivity contribution in [2.24, 2.45) is 5.92 Å². The fraction of sp³-hybridized carbons (Fsp3) is 0.409. The Bertz CT molecular complexity index is 775. The molecule has 1 amide bonds. The van der Waals surface area contributed by atoms with Crippen molar-refractivity contribution in [2.45, 2.75) is 31.5 Å². The summed E-state index contributed by atoms with van der Waals surface area (Å²) in [7, 11) is 2.05. The minimum atomic E-state index is -4.33. The molecule has 150 valence electrons. The molecule has 0 radical (unpaired) electrons. The lowest BCUT2D eigenvalue weighted by Crippen LogP contribution is -2.29. The molecule has 28 heavy (non-hydrogen) atoms. The third-order valence-corrected chi connectivity index (χ3v) is 5.10. The summed E-state index contributed by atoms with van der Waals surface area (Å²) in [5, 5.41) is 2.95. The zero-order valence-corrected chi connectivity index (χ0v) is 15.9. The normalized spacial score (nSPS) is 18.9. The minimum absolute atomic E-state index is 0.00406. The first-order chi connectivity index (χ1) is 13.3. The van der Waals surface area contributed by atoms with Gasteiger partial charge in [-0.15, -0.1) is 0 Å². The van der Waals surface area contributed by atoms with Gasteiger partial charge >= 0.3 is 6.18 Å². The molecule has 0 aliphatic heterocycles. The zero-order chi connectivity index (χ0) is 20.1. The summed E-state index contributed by atoms with van der Waals surface area (Å²) in [5.41, 5.74) is 1.40. The molecule has 1 N–H and O–H groups in total. The highest BCUT2D eigenvalue weighted by molar-refractivity contribution is 5.82. The molecule has 0 spiro atoms. The van der Waals surface area contributed by atoms with Crippen molar-refractivity contribution >= 4 is 5.91 Å². The van der Waals surface area contributed by atoms with E-state index in [9.17, 15) is 18.0 Å². The van der Waals surface area contributed by atoms with E-state index in [1.807, 2.05) is 18.2 Å². The van der Waals surface area contributed by atoms with Gasteiger partial charge in [0.2, 0.25) is 5.91 Å². The molecule has 0 aromatic heterocycles. The Balaban J connectivity index is 1.36. The van der Waals surface area contributed by atoms with Crippen LogP contribution in [0.5, 0.6) is 0 Å². The summed E-state index contributed by atoms with van der Waals surface area (Å²) >= 11 is 0. The summed E-state index contributed by atoms with van der Waals surface area (Å²) in [6, 6.07) is 15.4. The number of benzene rings is 2. The third-order valence-electron chi connectivity index (χ3n) is 5.10. The van der Waals surface area contributed by atoms with E-state index in [0.717, 1.165) is 37.2 Å². The molecule has 0 saturated heterocycles. The fourth-order valence-corrected chi connectivity index (χ4v) is 3.44. The van der Waals surface area contributed by atoms with Crippen molar-refractivity contribution in [3.8, 4) is 0 Å². The largest absolute Gasteiger partial charge is 0.416 e. The maximum Gasteiger partial charge on any atom is 0.416 e. The quantitative estimate of drug-likeness (QED) is 0.676. The number of carbonyl (C=O) groups excluding carboxylic acids is 1. The van der Waals surface area contributed by atoms with Crippen molar-refractivity contribution < 1.29 is 18.0 Å². The Kier molecular flexibility index (Phi) is 6.39. The van der Waals surface area contributed by atoms with Crippen molar-refractivity contribution in [2.75, 3.05) is 20.1 Å². The molecular weight excluding hydrogens is 365 g/mol. The highest BCUT2D eigenvalue weighted by Crippen LogP contribution is 2.47. The smallest absolute Gasteiger partial charge is 0.356 e. The van der Waals surface area contributed by atoms with Gasteiger partial charge in [0, 0.05) is 19.0 Å². The zero-order valence-electron chi connectivity index (χ0n) is 15.9. The number of alkyl halides is 3. The summed E-state index contributed by atoms with van der Waals surface area (Å²) in [5.74, 6) is -0.0996. The van der Waals surface area contributed by atoms with Crippen LogP contribution in [0.25, 0.3) is 0 Å². The molecule has 1 fully saturated rings. The van der Waals surface area contributed by atoms with Crippen LogP contribution in [0.4, 0.5) is 13.2 Å². The second-order valence-corrected chi connectivity index (χ2v) is 7.44. The molecule has 2 aromatic rings. The van der Waals surface area contributed by atoms with Crippen LogP contribution in [-0.4, -0.2) is 30.9 Å².